The van der Waals surface area contributed by atoms with Crippen molar-refractivity contribution in [3.05, 3.63) is 65.7 Å². The lowest BCUT2D eigenvalue weighted by Crippen LogP contribution is -2.12. The van der Waals surface area contributed by atoms with Crippen molar-refractivity contribution in [1.82, 2.24) is 9.97 Å². The summed E-state index contributed by atoms with van der Waals surface area (Å²) in [5.41, 5.74) is 2.83. The number of fused-ring (bicyclic) bond motifs is 1. The van der Waals surface area contributed by atoms with Gasteiger partial charge in [-0.3, -0.25) is 15.1 Å². The number of amides is 1. The van der Waals surface area contributed by atoms with Gasteiger partial charge in [-0.2, -0.15) is 0 Å². The molecule has 0 radical (unpaired) electrons. The number of anilines is 1. The molecule has 0 saturated heterocycles. The Morgan fingerprint density at radius 2 is 1.93 bits per heavy atom. The van der Waals surface area contributed by atoms with E-state index in [0.29, 0.717) is 27.9 Å². The van der Waals surface area contributed by atoms with Crippen LogP contribution in [0.3, 0.4) is 0 Å². The highest BCUT2D eigenvalue weighted by molar-refractivity contribution is 7.14. The van der Waals surface area contributed by atoms with Crippen molar-refractivity contribution in [2.24, 2.45) is 0 Å². The summed E-state index contributed by atoms with van der Waals surface area (Å²) in [6.45, 7) is 0. The molecule has 0 saturated carbocycles. The van der Waals surface area contributed by atoms with Gasteiger partial charge >= 0.3 is 0 Å². The maximum absolute atomic E-state index is 12.8. The number of hydrogen-bond acceptors (Lipinski definition) is 6. The Labute approximate surface area is 165 Å². The second kappa shape index (κ2) is 7.66. The summed E-state index contributed by atoms with van der Waals surface area (Å²) in [5, 5.41) is 6.05. The predicted molar refractivity (Wildman–Crippen MR) is 110 cm³/mol. The van der Waals surface area contributed by atoms with E-state index in [1.165, 1.54) is 11.3 Å². The number of carbonyl (C=O) groups is 1. The Bertz CT molecular complexity index is 1150. The minimum Gasteiger partial charge on any atom is -0.497 e. The largest absolute Gasteiger partial charge is 0.497 e. The van der Waals surface area contributed by atoms with Crippen LogP contribution < -0.4 is 14.8 Å². The zero-order valence-corrected chi connectivity index (χ0v) is 16.1. The van der Waals surface area contributed by atoms with Crippen molar-refractivity contribution in [3.8, 4) is 22.8 Å². The molecular weight excluding hydrogens is 374 g/mol. The van der Waals surface area contributed by atoms with Gasteiger partial charge in [-0.05, 0) is 30.3 Å². The molecule has 4 aromatic rings. The minimum atomic E-state index is -0.225. The standard InChI is InChI=1S/C21H17N3O3S/c1-26-13-7-8-19(27-2)16(11-13)18-12-28-21(23-18)24-20(25)15-9-10-22-17-6-4-3-5-14(15)17/h3-12H,1-2H3,(H,23,24,25). The van der Waals surface area contributed by atoms with E-state index in [0.717, 1.165) is 16.5 Å². The van der Waals surface area contributed by atoms with E-state index in [9.17, 15) is 4.79 Å². The first kappa shape index (κ1) is 17.9. The first-order valence-corrected chi connectivity index (χ1v) is 9.40. The third-order valence-electron chi connectivity index (χ3n) is 4.30. The van der Waals surface area contributed by atoms with Crippen molar-refractivity contribution >= 4 is 33.3 Å². The monoisotopic (exact) mass is 391 g/mol. The Balaban J connectivity index is 1.63. The number of para-hydroxylation sites is 1. The smallest absolute Gasteiger partial charge is 0.258 e. The fraction of sp³-hybridized carbons (Fsp3) is 0.0952. The van der Waals surface area contributed by atoms with Crippen LogP contribution in [0.2, 0.25) is 0 Å². The lowest BCUT2D eigenvalue weighted by atomic mass is 10.1. The number of aromatic nitrogens is 2. The van der Waals surface area contributed by atoms with Crippen LogP contribution in [0.1, 0.15) is 10.4 Å². The maximum Gasteiger partial charge on any atom is 0.258 e. The molecule has 0 aliphatic carbocycles. The summed E-state index contributed by atoms with van der Waals surface area (Å²) in [5.74, 6) is 1.17. The SMILES string of the molecule is COc1ccc(OC)c(-c2csc(NC(=O)c3ccnc4ccccc34)n2)c1. The summed E-state index contributed by atoms with van der Waals surface area (Å²) in [6.07, 6.45) is 1.63. The van der Waals surface area contributed by atoms with Crippen molar-refractivity contribution in [1.29, 1.82) is 0 Å². The molecular formula is C21H17N3O3S. The second-order valence-corrected chi connectivity index (χ2v) is 6.79. The van der Waals surface area contributed by atoms with E-state index in [4.69, 9.17) is 9.47 Å². The molecule has 140 valence electrons. The molecule has 1 N–H and O–H groups in total. The van der Waals surface area contributed by atoms with Crippen LogP contribution in [0, 0.1) is 0 Å². The molecule has 28 heavy (non-hydrogen) atoms. The summed E-state index contributed by atoms with van der Waals surface area (Å²) in [6, 6.07) is 14.8. The van der Waals surface area contributed by atoms with Gasteiger partial charge in [0, 0.05) is 22.5 Å². The van der Waals surface area contributed by atoms with E-state index in [1.54, 1.807) is 26.5 Å². The van der Waals surface area contributed by atoms with Crippen molar-refractivity contribution in [2.45, 2.75) is 0 Å². The molecule has 2 aromatic heterocycles. The van der Waals surface area contributed by atoms with Crippen LogP contribution in [0.4, 0.5) is 5.13 Å². The molecule has 4 rings (SSSR count). The molecule has 1 amide bonds. The molecule has 6 nitrogen and oxygen atoms in total. The van der Waals surface area contributed by atoms with Crippen LogP contribution in [0.25, 0.3) is 22.2 Å². The van der Waals surface area contributed by atoms with Crippen molar-refractivity contribution in [2.75, 3.05) is 19.5 Å². The fourth-order valence-electron chi connectivity index (χ4n) is 2.93. The zero-order valence-electron chi connectivity index (χ0n) is 15.3. The number of hydrogen-bond donors (Lipinski definition) is 1. The average Bonchev–Trinajstić information content (AvgIpc) is 3.21. The molecule has 0 aliphatic heterocycles. The van der Waals surface area contributed by atoms with Gasteiger partial charge in [0.1, 0.15) is 11.5 Å². The lowest BCUT2D eigenvalue weighted by Gasteiger charge is -2.08. The number of benzene rings is 2. The minimum absolute atomic E-state index is 0.225. The number of pyridine rings is 1. The zero-order chi connectivity index (χ0) is 19.5. The van der Waals surface area contributed by atoms with Crippen LogP contribution in [0.5, 0.6) is 11.5 Å². The quantitative estimate of drug-likeness (QED) is 0.537. The Hall–Kier alpha value is -3.45. The van der Waals surface area contributed by atoms with Crippen LogP contribution in [-0.4, -0.2) is 30.1 Å². The molecule has 7 heteroatoms. The summed E-state index contributed by atoms with van der Waals surface area (Å²) in [7, 11) is 3.21. The van der Waals surface area contributed by atoms with Crippen LogP contribution in [-0.2, 0) is 0 Å². The number of nitrogens with zero attached hydrogens (tertiary/aromatic N) is 2. The Morgan fingerprint density at radius 3 is 2.75 bits per heavy atom. The molecule has 0 fully saturated rings. The van der Waals surface area contributed by atoms with Gasteiger partial charge in [-0.25, -0.2) is 4.98 Å². The molecule has 2 heterocycles. The van der Waals surface area contributed by atoms with Gasteiger partial charge in [-0.15, -0.1) is 11.3 Å². The molecule has 0 spiro atoms. The third-order valence-corrected chi connectivity index (χ3v) is 5.06. The average molecular weight is 391 g/mol. The van der Waals surface area contributed by atoms with Crippen molar-refractivity contribution < 1.29 is 14.3 Å². The molecule has 0 unspecified atom stereocenters. The Kier molecular flexibility index (Phi) is 4.90. The van der Waals surface area contributed by atoms with Gasteiger partial charge in [0.15, 0.2) is 5.13 Å². The number of ether oxygens (including phenoxy) is 2. The first-order valence-electron chi connectivity index (χ1n) is 8.52. The van der Waals surface area contributed by atoms with Gasteiger partial charge in [0.25, 0.3) is 5.91 Å². The summed E-state index contributed by atoms with van der Waals surface area (Å²) in [4.78, 5) is 21.6. The molecule has 0 bridgehead atoms. The van der Waals surface area contributed by atoms with E-state index < -0.39 is 0 Å². The summed E-state index contributed by atoms with van der Waals surface area (Å²) < 4.78 is 10.7. The molecule has 0 atom stereocenters. The van der Waals surface area contributed by atoms with Gasteiger partial charge in [0.05, 0.1) is 31.0 Å². The fourth-order valence-corrected chi connectivity index (χ4v) is 3.63. The highest BCUT2D eigenvalue weighted by Gasteiger charge is 2.15. The normalized spacial score (nSPS) is 10.6. The number of rotatable bonds is 5. The maximum atomic E-state index is 12.8. The predicted octanol–water partition coefficient (Wildman–Crippen LogP) is 4.63. The Morgan fingerprint density at radius 1 is 1.07 bits per heavy atom. The second-order valence-electron chi connectivity index (χ2n) is 5.93. The van der Waals surface area contributed by atoms with E-state index in [2.05, 4.69) is 15.3 Å². The van der Waals surface area contributed by atoms with Crippen LogP contribution >= 0.6 is 11.3 Å². The lowest BCUT2D eigenvalue weighted by molar-refractivity contribution is 0.102. The highest BCUT2D eigenvalue weighted by Crippen LogP contribution is 2.35. The number of methoxy groups -OCH3 is 2. The summed E-state index contributed by atoms with van der Waals surface area (Å²) >= 11 is 1.35. The first-order chi connectivity index (χ1) is 13.7. The molecule has 2 aromatic carbocycles. The third kappa shape index (κ3) is 3.39. The van der Waals surface area contributed by atoms with E-state index in [-0.39, 0.29) is 5.91 Å². The number of carbonyl (C=O) groups excluding carboxylic acids is 1. The van der Waals surface area contributed by atoms with Gasteiger partial charge < -0.3 is 9.47 Å². The van der Waals surface area contributed by atoms with Crippen LogP contribution in [0.15, 0.2) is 60.1 Å². The van der Waals surface area contributed by atoms with E-state index >= 15 is 0 Å². The molecule has 0 aliphatic rings. The van der Waals surface area contributed by atoms with Gasteiger partial charge in [0.2, 0.25) is 0 Å². The topological polar surface area (TPSA) is 73.3 Å². The highest BCUT2D eigenvalue weighted by atomic mass is 32.1. The van der Waals surface area contributed by atoms with E-state index in [1.807, 2.05) is 47.8 Å². The van der Waals surface area contributed by atoms with Gasteiger partial charge in [-0.1, -0.05) is 18.2 Å². The number of thiazole rings is 1. The number of nitrogens with one attached hydrogen (secondary N) is 1. The van der Waals surface area contributed by atoms with Crippen molar-refractivity contribution in [3.63, 3.8) is 0 Å².